The van der Waals surface area contributed by atoms with Crippen LogP contribution in [0.4, 0.5) is 5.69 Å². The molecular weight excluding hydrogens is 286 g/mol. The first-order valence-electron chi connectivity index (χ1n) is 6.37. The molecule has 1 N–H and O–H groups in total. The van der Waals surface area contributed by atoms with Crippen LogP contribution >= 0.6 is 11.3 Å². The van der Waals surface area contributed by atoms with Crippen molar-refractivity contribution in [2.75, 3.05) is 0 Å². The van der Waals surface area contributed by atoms with Crippen molar-refractivity contribution in [1.82, 2.24) is 0 Å². The van der Waals surface area contributed by atoms with Crippen LogP contribution in [0.5, 0.6) is 5.75 Å². The number of phenols is 1. The fourth-order valence-corrected chi connectivity index (χ4v) is 3.86. The van der Waals surface area contributed by atoms with Crippen molar-refractivity contribution in [2.24, 2.45) is 0 Å². The average Bonchev–Trinajstić information content (AvgIpc) is 2.85. The van der Waals surface area contributed by atoms with Crippen LogP contribution in [0.3, 0.4) is 0 Å². The van der Waals surface area contributed by atoms with Gasteiger partial charge >= 0.3 is 5.69 Å². The van der Waals surface area contributed by atoms with Gasteiger partial charge < -0.3 is 5.11 Å². The molecule has 102 valence electrons. The monoisotopic (exact) mass is 295 g/mol. The van der Waals surface area contributed by atoms with E-state index in [-0.39, 0.29) is 11.4 Å². The van der Waals surface area contributed by atoms with Crippen molar-refractivity contribution in [3.8, 4) is 5.75 Å². The van der Waals surface area contributed by atoms with Gasteiger partial charge in [-0.15, -0.1) is 11.3 Å². The summed E-state index contributed by atoms with van der Waals surface area (Å²) in [6.07, 6.45) is 0. The van der Waals surface area contributed by atoms with Gasteiger partial charge in [0, 0.05) is 31.6 Å². The average molecular weight is 295 g/mol. The third-order valence-electron chi connectivity index (χ3n) is 3.67. The van der Waals surface area contributed by atoms with Gasteiger partial charge in [0.05, 0.1) is 4.92 Å². The van der Waals surface area contributed by atoms with Gasteiger partial charge in [0.15, 0.2) is 0 Å². The molecule has 0 atom stereocenters. The molecule has 0 bridgehead atoms. The number of hydrogen-bond donors (Lipinski definition) is 1. The van der Waals surface area contributed by atoms with Crippen molar-refractivity contribution in [3.05, 3.63) is 58.6 Å². The Bertz CT molecular complexity index is 1040. The first kappa shape index (κ1) is 12.1. The SMILES string of the molecule is O=[N+]([O-])c1ccc2ccc3sc4ccccc4c3c2c1O. The number of thiophene rings is 1. The highest BCUT2D eigenvalue weighted by Gasteiger charge is 2.19. The molecule has 0 saturated carbocycles. The Hall–Kier alpha value is -2.66. The topological polar surface area (TPSA) is 63.4 Å². The van der Waals surface area contributed by atoms with Crippen LogP contribution in [-0.2, 0) is 0 Å². The molecule has 21 heavy (non-hydrogen) atoms. The summed E-state index contributed by atoms with van der Waals surface area (Å²) >= 11 is 1.62. The zero-order valence-corrected chi connectivity index (χ0v) is 11.6. The Labute approximate surface area is 123 Å². The van der Waals surface area contributed by atoms with Crippen LogP contribution in [0, 0.1) is 10.1 Å². The smallest absolute Gasteiger partial charge is 0.311 e. The maximum atomic E-state index is 11.1. The zero-order chi connectivity index (χ0) is 14.6. The molecule has 0 saturated heterocycles. The second-order valence-electron chi connectivity index (χ2n) is 4.83. The fourth-order valence-electron chi connectivity index (χ4n) is 2.75. The molecule has 0 spiro atoms. The maximum absolute atomic E-state index is 11.1. The Kier molecular flexibility index (Phi) is 2.40. The lowest BCUT2D eigenvalue weighted by molar-refractivity contribution is -0.385. The molecule has 0 amide bonds. The van der Waals surface area contributed by atoms with Crippen LogP contribution < -0.4 is 0 Å². The Morgan fingerprint density at radius 3 is 2.52 bits per heavy atom. The molecule has 0 aliphatic heterocycles. The molecular formula is C16H9NO3S. The summed E-state index contributed by atoms with van der Waals surface area (Å²) < 4.78 is 2.12. The molecule has 4 nitrogen and oxygen atoms in total. The molecule has 4 aromatic rings. The highest BCUT2D eigenvalue weighted by Crippen LogP contribution is 2.44. The molecule has 5 heteroatoms. The number of aromatic hydroxyl groups is 1. The number of nitrogens with zero attached hydrogens (tertiary/aromatic N) is 1. The van der Waals surface area contributed by atoms with Crippen molar-refractivity contribution < 1.29 is 10.0 Å². The minimum atomic E-state index is -0.553. The molecule has 3 aromatic carbocycles. The number of nitro groups is 1. The van der Waals surface area contributed by atoms with Crippen LogP contribution in [-0.4, -0.2) is 10.0 Å². The predicted octanol–water partition coefficient (Wildman–Crippen LogP) is 4.82. The molecule has 4 rings (SSSR count). The summed E-state index contributed by atoms with van der Waals surface area (Å²) in [5.74, 6) is -0.258. The minimum Gasteiger partial charge on any atom is -0.502 e. The van der Waals surface area contributed by atoms with E-state index in [4.69, 9.17) is 0 Å². The second kappa shape index (κ2) is 4.17. The molecule has 0 aliphatic carbocycles. The molecule has 0 radical (unpaired) electrons. The maximum Gasteiger partial charge on any atom is 0.311 e. The van der Waals surface area contributed by atoms with Crippen molar-refractivity contribution in [2.45, 2.75) is 0 Å². The van der Waals surface area contributed by atoms with E-state index in [2.05, 4.69) is 0 Å². The largest absolute Gasteiger partial charge is 0.502 e. The van der Waals surface area contributed by atoms with Crippen LogP contribution in [0.15, 0.2) is 48.5 Å². The van der Waals surface area contributed by atoms with Gasteiger partial charge in [-0.1, -0.05) is 24.3 Å². The summed E-state index contributed by atoms with van der Waals surface area (Å²) in [7, 11) is 0. The van der Waals surface area contributed by atoms with Crippen molar-refractivity contribution in [1.29, 1.82) is 0 Å². The van der Waals surface area contributed by atoms with E-state index in [9.17, 15) is 15.2 Å². The van der Waals surface area contributed by atoms with Crippen LogP contribution in [0.25, 0.3) is 30.9 Å². The standard InChI is InChI=1S/C16H9NO3S/c18-16-11(17(19)20)7-5-9-6-8-13-15(14(9)16)10-3-1-2-4-12(10)21-13/h1-8,18H. The van der Waals surface area contributed by atoms with Gasteiger partial charge in [-0.2, -0.15) is 0 Å². The predicted molar refractivity (Wildman–Crippen MR) is 85.2 cm³/mol. The quantitative estimate of drug-likeness (QED) is 0.404. The Balaban J connectivity index is 2.31. The highest BCUT2D eigenvalue weighted by atomic mass is 32.1. The molecule has 1 heterocycles. The lowest BCUT2D eigenvalue weighted by Crippen LogP contribution is -1.89. The first-order valence-corrected chi connectivity index (χ1v) is 7.19. The van der Waals surface area contributed by atoms with Crippen LogP contribution in [0.1, 0.15) is 0 Å². The lowest BCUT2D eigenvalue weighted by Gasteiger charge is -2.04. The number of benzene rings is 3. The number of phenolic OH excluding ortho intramolecular Hbond substituents is 1. The first-order chi connectivity index (χ1) is 10.2. The van der Waals surface area contributed by atoms with Gasteiger partial charge in [-0.25, -0.2) is 0 Å². The summed E-state index contributed by atoms with van der Waals surface area (Å²) in [5.41, 5.74) is -0.259. The highest BCUT2D eigenvalue weighted by molar-refractivity contribution is 7.26. The molecule has 0 aliphatic rings. The summed E-state index contributed by atoms with van der Waals surface area (Å²) in [6, 6.07) is 14.8. The number of fused-ring (bicyclic) bond motifs is 5. The van der Waals surface area contributed by atoms with Gasteiger partial charge in [-0.3, -0.25) is 10.1 Å². The zero-order valence-electron chi connectivity index (χ0n) is 10.7. The lowest BCUT2D eigenvalue weighted by atomic mass is 10.0. The van der Waals surface area contributed by atoms with Crippen molar-refractivity contribution >= 4 is 48.0 Å². The van der Waals surface area contributed by atoms with Crippen LogP contribution in [0.2, 0.25) is 0 Å². The van der Waals surface area contributed by atoms with E-state index in [1.807, 2.05) is 36.4 Å². The number of rotatable bonds is 1. The Morgan fingerprint density at radius 1 is 0.952 bits per heavy atom. The van der Waals surface area contributed by atoms with Gasteiger partial charge in [-0.05, 0) is 23.6 Å². The summed E-state index contributed by atoms with van der Waals surface area (Å²) in [6.45, 7) is 0. The molecule has 0 fully saturated rings. The number of hydrogen-bond acceptors (Lipinski definition) is 4. The van der Waals surface area contributed by atoms with E-state index in [1.165, 1.54) is 6.07 Å². The van der Waals surface area contributed by atoms with E-state index in [1.54, 1.807) is 17.4 Å². The third kappa shape index (κ3) is 1.61. The second-order valence-corrected chi connectivity index (χ2v) is 5.91. The van der Waals surface area contributed by atoms with E-state index >= 15 is 0 Å². The number of nitro benzene ring substituents is 1. The summed E-state index contributed by atoms with van der Waals surface area (Å²) in [4.78, 5) is 10.5. The molecule has 0 unspecified atom stereocenters. The van der Waals surface area contributed by atoms with E-state index < -0.39 is 4.92 Å². The van der Waals surface area contributed by atoms with E-state index in [0.29, 0.717) is 5.39 Å². The fraction of sp³-hybridized carbons (Fsp3) is 0. The minimum absolute atomic E-state index is 0.258. The van der Waals surface area contributed by atoms with E-state index in [0.717, 1.165) is 25.6 Å². The normalized spacial score (nSPS) is 11.4. The van der Waals surface area contributed by atoms with Crippen molar-refractivity contribution in [3.63, 3.8) is 0 Å². The molecule has 1 aromatic heterocycles. The Morgan fingerprint density at radius 2 is 1.71 bits per heavy atom. The van der Waals surface area contributed by atoms with Gasteiger partial charge in [0.2, 0.25) is 5.75 Å². The third-order valence-corrected chi connectivity index (χ3v) is 4.81. The van der Waals surface area contributed by atoms with Gasteiger partial charge in [0.25, 0.3) is 0 Å². The summed E-state index contributed by atoms with van der Waals surface area (Å²) in [5, 5.41) is 24.7. The van der Waals surface area contributed by atoms with Gasteiger partial charge in [0.1, 0.15) is 0 Å².